The molecule has 1 saturated heterocycles. The van der Waals surface area contributed by atoms with Gasteiger partial charge in [-0.2, -0.15) is 24.4 Å². The molecule has 0 spiro atoms. The second kappa shape index (κ2) is 7.84. The fourth-order valence-electron chi connectivity index (χ4n) is 2.31. The van der Waals surface area contributed by atoms with Crippen LogP contribution in [-0.4, -0.2) is 42.0 Å². The maximum absolute atomic E-state index is 11.5. The summed E-state index contributed by atoms with van der Waals surface area (Å²) in [6, 6.07) is 8.24. The van der Waals surface area contributed by atoms with Crippen LogP contribution in [-0.2, 0) is 10.5 Å². The molecule has 1 amide bonds. The largest absolute Gasteiger partial charge is 0.497 e. The number of piperidine rings is 1. The Morgan fingerprint density at radius 2 is 2.00 bits per heavy atom. The van der Waals surface area contributed by atoms with E-state index in [0.29, 0.717) is 11.0 Å². The molecule has 2 rings (SSSR count). The molecule has 0 unspecified atom stereocenters. The van der Waals surface area contributed by atoms with Crippen molar-refractivity contribution in [3.8, 4) is 5.75 Å². The lowest BCUT2D eigenvalue weighted by Crippen LogP contribution is -2.40. The van der Waals surface area contributed by atoms with Crippen LogP contribution in [0.2, 0.25) is 0 Å². The van der Waals surface area contributed by atoms with E-state index >= 15 is 0 Å². The number of thiol groups is 1. The zero-order chi connectivity index (χ0) is 14.4. The van der Waals surface area contributed by atoms with E-state index in [2.05, 4.69) is 24.8 Å². The third kappa shape index (κ3) is 4.35. The molecule has 0 aliphatic carbocycles. The van der Waals surface area contributed by atoms with Crippen molar-refractivity contribution in [2.45, 2.75) is 23.8 Å². The van der Waals surface area contributed by atoms with Crippen LogP contribution in [0.4, 0.5) is 0 Å². The zero-order valence-electron chi connectivity index (χ0n) is 11.7. The fourth-order valence-corrected chi connectivity index (χ4v) is 3.67. The number of carbonyl (C=O) groups is 1. The Morgan fingerprint density at radius 1 is 1.35 bits per heavy atom. The molecule has 3 nitrogen and oxygen atoms in total. The molecule has 0 bridgehead atoms. The first-order chi connectivity index (χ1) is 9.72. The van der Waals surface area contributed by atoms with Gasteiger partial charge < -0.3 is 9.64 Å². The Hall–Kier alpha value is -0.810. The van der Waals surface area contributed by atoms with Crippen LogP contribution in [0.25, 0.3) is 0 Å². The van der Waals surface area contributed by atoms with Crippen LogP contribution in [0, 0.1) is 0 Å². The number of nitrogens with zero attached hydrogens (tertiary/aromatic N) is 1. The molecule has 1 aromatic carbocycles. The highest BCUT2D eigenvalue weighted by molar-refractivity contribution is 7.99. The number of ether oxygens (including phenoxy) is 1. The lowest BCUT2D eigenvalue weighted by molar-refractivity contribution is -0.129. The quantitative estimate of drug-likeness (QED) is 0.848. The van der Waals surface area contributed by atoms with Gasteiger partial charge in [-0.3, -0.25) is 4.79 Å². The Balaban J connectivity index is 1.74. The normalized spacial score (nSPS) is 16.2. The predicted molar refractivity (Wildman–Crippen MR) is 87.7 cm³/mol. The van der Waals surface area contributed by atoms with Crippen molar-refractivity contribution < 1.29 is 9.53 Å². The van der Waals surface area contributed by atoms with Gasteiger partial charge in [0.25, 0.3) is 0 Å². The van der Waals surface area contributed by atoms with Crippen molar-refractivity contribution in [1.82, 2.24) is 4.90 Å². The summed E-state index contributed by atoms with van der Waals surface area (Å²) in [5.74, 6) is 2.41. The molecule has 5 heteroatoms. The highest BCUT2D eigenvalue weighted by atomic mass is 32.2. The summed E-state index contributed by atoms with van der Waals surface area (Å²) in [7, 11) is 1.68. The predicted octanol–water partition coefficient (Wildman–Crippen LogP) is 2.85. The average Bonchev–Trinajstić information content (AvgIpc) is 2.53. The third-order valence-electron chi connectivity index (χ3n) is 3.57. The molecular formula is C15H21NO2S2. The Labute approximate surface area is 130 Å². The topological polar surface area (TPSA) is 29.5 Å². The number of hydrogen-bond acceptors (Lipinski definition) is 4. The molecule has 1 fully saturated rings. The molecule has 0 radical (unpaired) electrons. The summed E-state index contributed by atoms with van der Waals surface area (Å²) in [4.78, 5) is 13.5. The lowest BCUT2D eigenvalue weighted by atomic mass is 10.1. The Bertz CT molecular complexity index is 428. The molecule has 0 N–H and O–H groups in total. The Morgan fingerprint density at radius 3 is 2.55 bits per heavy atom. The monoisotopic (exact) mass is 311 g/mol. The van der Waals surface area contributed by atoms with Crippen molar-refractivity contribution in [3.05, 3.63) is 29.8 Å². The van der Waals surface area contributed by atoms with Gasteiger partial charge in [-0.05, 0) is 30.5 Å². The SMILES string of the molecule is COc1ccc(CSC2CCN(C(=O)CS)CC2)cc1. The fraction of sp³-hybridized carbons (Fsp3) is 0.533. The van der Waals surface area contributed by atoms with Gasteiger partial charge in [0.15, 0.2) is 0 Å². The van der Waals surface area contributed by atoms with E-state index in [0.717, 1.165) is 37.4 Å². The summed E-state index contributed by atoms with van der Waals surface area (Å²) in [6.45, 7) is 1.75. The summed E-state index contributed by atoms with van der Waals surface area (Å²) in [5.41, 5.74) is 1.32. The second-order valence-corrected chi connectivity index (χ2v) is 6.50. The summed E-state index contributed by atoms with van der Waals surface area (Å²) < 4.78 is 5.16. The number of thioether (sulfide) groups is 1. The molecule has 1 heterocycles. The van der Waals surface area contributed by atoms with Gasteiger partial charge in [0, 0.05) is 24.1 Å². The van der Waals surface area contributed by atoms with Crippen molar-refractivity contribution >= 4 is 30.3 Å². The van der Waals surface area contributed by atoms with E-state index in [9.17, 15) is 4.79 Å². The minimum absolute atomic E-state index is 0.159. The van der Waals surface area contributed by atoms with E-state index in [1.807, 2.05) is 28.8 Å². The number of methoxy groups -OCH3 is 1. The number of carbonyl (C=O) groups excluding carboxylic acids is 1. The van der Waals surface area contributed by atoms with Crippen molar-refractivity contribution in [1.29, 1.82) is 0 Å². The van der Waals surface area contributed by atoms with Gasteiger partial charge in [0.05, 0.1) is 12.9 Å². The van der Waals surface area contributed by atoms with Crippen LogP contribution in [0.1, 0.15) is 18.4 Å². The van der Waals surface area contributed by atoms with E-state index in [1.165, 1.54) is 5.56 Å². The first kappa shape index (κ1) is 15.6. The first-order valence-corrected chi connectivity index (χ1v) is 8.54. The highest BCUT2D eigenvalue weighted by Gasteiger charge is 2.22. The minimum atomic E-state index is 0.159. The van der Waals surface area contributed by atoms with Crippen LogP contribution < -0.4 is 4.74 Å². The van der Waals surface area contributed by atoms with E-state index in [1.54, 1.807) is 7.11 Å². The molecule has 0 aromatic heterocycles. The lowest BCUT2D eigenvalue weighted by Gasteiger charge is -2.31. The molecule has 20 heavy (non-hydrogen) atoms. The molecule has 1 aliphatic heterocycles. The average molecular weight is 311 g/mol. The summed E-state index contributed by atoms with van der Waals surface area (Å²) in [5, 5.41) is 0.654. The number of amides is 1. The van der Waals surface area contributed by atoms with E-state index < -0.39 is 0 Å². The van der Waals surface area contributed by atoms with Gasteiger partial charge in [-0.15, -0.1) is 0 Å². The Kier molecular flexibility index (Phi) is 6.10. The summed E-state index contributed by atoms with van der Waals surface area (Å²) >= 11 is 6.03. The second-order valence-electron chi connectivity index (χ2n) is 4.90. The smallest absolute Gasteiger partial charge is 0.232 e. The first-order valence-electron chi connectivity index (χ1n) is 6.86. The molecule has 0 saturated carbocycles. The van der Waals surface area contributed by atoms with Gasteiger partial charge in [0.1, 0.15) is 5.75 Å². The zero-order valence-corrected chi connectivity index (χ0v) is 13.5. The number of hydrogen-bond donors (Lipinski definition) is 1. The van der Waals surface area contributed by atoms with Gasteiger partial charge in [0.2, 0.25) is 5.91 Å². The molecule has 0 atom stereocenters. The third-order valence-corrected chi connectivity index (χ3v) is 5.29. The molecule has 1 aliphatic rings. The maximum Gasteiger partial charge on any atom is 0.232 e. The summed E-state index contributed by atoms with van der Waals surface area (Å²) in [6.07, 6.45) is 2.17. The maximum atomic E-state index is 11.5. The van der Waals surface area contributed by atoms with Crippen LogP contribution in [0.3, 0.4) is 0 Å². The van der Waals surface area contributed by atoms with E-state index in [-0.39, 0.29) is 5.91 Å². The highest BCUT2D eigenvalue weighted by Crippen LogP contribution is 2.27. The molecular weight excluding hydrogens is 290 g/mol. The van der Waals surface area contributed by atoms with Crippen molar-refractivity contribution in [2.75, 3.05) is 26.0 Å². The van der Waals surface area contributed by atoms with Crippen molar-refractivity contribution in [3.63, 3.8) is 0 Å². The van der Waals surface area contributed by atoms with Crippen LogP contribution in [0.5, 0.6) is 5.75 Å². The van der Waals surface area contributed by atoms with Gasteiger partial charge >= 0.3 is 0 Å². The van der Waals surface area contributed by atoms with Crippen molar-refractivity contribution in [2.24, 2.45) is 0 Å². The molecule has 1 aromatic rings. The van der Waals surface area contributed by atoms with Gasteiger partial charge in [-0.1, -0.05) is 12.1 Å². The van der Waals surface area contributed by atoms with Crippen LogP contribution in [0.15, 0.2) is 24.3 Å². The standard InChI is InChI=1S/C15H21NO2S2/c1-18-13-4-2-12(3-5-13)11-20-14-6-8-16(9-7-14)15(17)10-19/h2-5,14,19H,6-11H2,1H3. The number of rotatable bonds is 5. The number of likely N-dealkylation sites (tertiary alicyclic amines) is 1. The van der Waals surface area contributed by atoms with E-state index in [4.69, 9.17) is 4.74 Å². The molecule has 110 valence electrons. The van der Waals surface area contributed by atoms with Crippen LogP contribution >= 0.6 is 24.4 Å². The van der Waals surface area contributed by atoms with Gasteiger partial charge in [-0.25, -0.2) is 0 Å². The minimum Gasteiger partial charge on any atom is -0.497 e. The number of benzene rings is 1.